The molecular formula is C18H19N3O2S. The van der Waals surface area contributed by atoms with Gasteiger partial charge in [-0.25, -0.2) is 9.97 Å². The number of aromatic nitrogens is 3. The molecule has 3 rings (SSSR count). The molecule has 2 aromatic heterocycles. The number of imidazole rings is 1. The van der Waals surface area contributed by atoms with E-state index in [9.17, 15) is 4.79 Å². The molecule has 24 heavy (non-hydrogen) atoms. The molecule has 0 saturated carbocycles. The molecule has 0 fully saturated rings. The first kappa shape index (κ1) is 16.5. The van der Waals surface area contributed by atoms with Crippen LogP contribution in [0, 0.1) is 13.8 Å². The maximum atomic E-state index is 11.4. The van der Waals surface area contributed by atoms with Crippen molar-refractivity contribution in [3.63, 3.8) is 0 Å². The van der Waals surface area contributed by atoms with Crippen LogP contribution in [0.1, 0.15) is 18.1 Å². The predicted molar refractivity (Wildman–Crippen MR) is 96.2 cm³/mol. The summed E-state index contributed by atoms with van der Waals surface area (Å²) in [5.41, 5.74) is 5.36. The van der Waals surface area contributed by atoms with Gasteiger partial charge in [-0.3, -0.25) is 4.79 Å². The summed E-state index contributed by atoms with van der Waals surface area (Å²) in [6.07, 6.45) is 1.77. The number of fused-ring (bicyclic) bond motifs is 1. The van der Waals surface area contributed by atoms with Gasteiger partial charge in [0.1, 0.15) is 5.82 Å². The third kappa shape index (κ3) is 3.59. The number of H-pyrrole nitrogens is 1. The molecule has 0 saturated heterocycles. The molecule has 5 nitrogen and oxygen atoms in total. The van der Waals surface area contributed by atoms with E-state index in [-0.39, 0.29) is 11.7 Å². The molecule has 0 bridgehead atoms. The number of hydrogen-bond donors (Lipinski definition) is 1. The summed E-state index contributed by atoms with van der Waals surface area (Å²) >= 11 is 1.37. The number of pyridine rings is 1. The Kier molecular flexibility index (Phi) is 4.85. The topological polar surface area (TPSA) is 67.9 Å². The molecule has 0 radical (unpaired) electrons. The number of hydrogen-bond acceptors (Lipinski definition) is 5. The molecule has 0 aliphatic heterocycles. The smallest absolute Gasteiger partial charge is 0.316 e. The van der Waals surface area contributed by atoms with Crippen LogP contribution in [0.25, 0.3) is 22.4 Å². The van der Waals surface area contributed by atoms with E-state index in [1.807, 2.05) is 12.1 Å². The molecule has 3 aromatic rings. The molecular weight excluding hydrogens is 322 g/mol. The lowest BCUT2D eigenvalue weighted by Gasteiger charge is -2.02. The maximum absolute atomic E-state index is 11.4. The average molecular weight is 341 g/mol. The summed E-state index contributed by atoms with van der Waals surface area (Å²) in [5, 5.41) is 0.787. The number of carbonyl (C=O) groups is 1. The summed E-state index contributed by atoms with van der Waals surface area (Å²) in [7, 11) is 0. The highest BCUT2D eigenvalue weighted by Gasteiger charge is 2.09. The van der Waals surface area contributed by atoms with Gasteiger partial charge >= 0.3 is 5.97 Å². The standard InChI is InChI=1S/C18H19N3O2S/c1-4-23-17(22)10-24-16-6-5-13(9-19-16)18-20-14-7-11(2)12(3)8-15(14)21-18/h5-9H,4,10H2,1-3H3,(H,20,21). The first-order valence-electron chi connectivity index (χ1n) is 7.78. The van der Waals surface area contributed by atoms with Gasteiger partial charge in [-0.05, 0) is 56.2 Å². The van der Waals surface area contributed by atoms with Crippen molar-refractivity contribution in [3.05, 3.63) is 41.6 Å². The fraction of sp³-hybridized carbons (Fsp3) is 0.278. The molecule has 0 amide bonds. The van der Waals surface area contributed by atoms with Crippen molar-refractivity contribution < 1.29 is 9.53 Å². The SMILES string of the molecule is CCOC(=O)CSc1ccc(-c2nc3cc(C)c(C)cc3[nH]2)cn1. The van der Waals surface area contributed by atoms with Crippen LogP contribution in [0.3, 0.4) is 0 Å². The van der Waals surface area contributed by atoms with Crippen LogP contribution in [-0.2, 0) is 9.53 Å². The molecule has 0 unspecified atom stereocenters. The molecule has 0 aliphatic carbocycles. The van der Waals surface area contributed by atoms with E-state index in [1.54, 1.807) is 13.1 Å². The van der Waals surface area contributed by atoms with E-state index in [4.69, 9.17) is 4.74 Å². The molecule has 124 valence electrons. The number of esters is 1. The van der Waals surface area contributed by atoms with Crippen LogP contribution < -0.4 is 0 Å². The van der Waals surface area contributed by atoms with Gasteiger partial charge in [0, 0.05) is 11.8 Å². The molecule has 0 atom stereocenters. The highest BCUT2D eigenvalue weighted by atomic mass is 32.2. The number of benzene rings is 1. The van der Waals surface area contributed by atoms with Crippen molar-refractivity contribution in [1.82, 2.24) is 15.0 Å². The number of aryl methyl sites for hydroxylation is 2. The number of aromatic amines is 1. The minimum atomic E-state index is -0.226. The number of rotatable bonds is 5. The fourth-order valence-corrected chi connectivity index (χ4v) is 2.99. The minimum Gasteiger partial charge on any atom is -0.465 e. The quantitative estimate of drug-likeness (QED) is 0.563. The van der Waals surface area contributed by atoms with Gasteiger partial charge < -0.3 is 9.72 Å². The van der Waals surface area contributed by atoms with E-state index >= 15 is 0 Å². The molecule has 6 heteroatoms. The van der Waals surface area contributed by atoms with Crippen LogP contribution in [-0.4, -0.2) is 33.3 Å². The van der Waals surface area contributed by atoms with Crippen molar-refractivity contribution in [2.75, 3.05) is 12.4 Å². The van der Waals surface area contributed by atoms with E-state index in [1.165, 1.54) is 22.9 Å². The predicted octanol–water partition coefficient (Wildman–Crippen LogP) is 3.90. The van der Waals surface area contributed by atoms with Crippen molar-refractivity contribution in [2.45, 2.75) is 25.8 Å². The molecule has 1 aromatic carbocycles. The summed E-state index contributed by atoms with van der Waals surface area (Å²) < 4.78 is 4.91. The lowest BCUT2D eigenvalue weighted by atomic mass is 10.1. The molecule has 2 heterocycles. The van der Waals surface area contributed by atoms with Gasteiger partial charge in [-0.1, -0.05) is 11.8 Å². The normalized spacial score (nSPS) is 11.0. The van der Waals surface area contributed by atoms with Crippen molar-refractivity contribution in [2.24, 2.45) is 0 Å². The van der Waals surface area contributed by atoms with Crippen molar-refractivity contribution >= 4 is 28.8 Å². The number of nitrogens with zero attached hydrogens (tertiary/aromatic N) is 2. The van der Waals surface area contributed by atoms with E-state index in [0.717, 1.165) is 27.4 Å². The number of carbonyl (C=O) groups excluding carboxylic acids is 1. The molecule has 0 aliphatic rings. The van der Waals surface area contributed by atoms with E-state index in [2.05, 4.69) is 40.9 Å². The van der Waals surface area contributed by atoms with Crippen LogP contribution in [0.15, 0.2) is 35.5 Å². The first-order valence-corrected chi connectivity index (χ1v) is 8.77. The van der Waals surface area contributed by atoms with Gasteiger partial charge in [0.05, 0.1) is 28.4 Å². The van der Waals surface area contributed by atoms with Crippen LogP contribution in [0.2, 0.25) is 0 Å². The Morgan fingerprint density at radius 3 is 2.75 bits per heavy atom. The monoisotopic (exact) mass is 341 g/mol. The second-order valence-corrected chi connectivity index (χ2v) is 6.51. The zero-order valence-corrected chi connectivity index (χ0v) is 14.7. The second-order valence-electron chi connectivity index (χ2n) is 5.52. The first-order chi connectivity index (χ1) is 11.6. The highest BCUT2D eigenvalue weighted by Crippen LogP contribution is 2.24. The summed E-state index contributed by atoms with van der Waals surface area (Å²) in [6.45, 7) is 6.37. The molecule has 1 N–H and O–H groups in total. The second kappa shape index (κ2) is 7.05. The van der Waals surface area contributed by atoms with Gasteiger partial charge in [0.2, 0.25) is 0 Å². The van der Waals surface area contributed by atoms with Crippen LogP contribution >= 0.6 is 11.8 Å². The maximum Gasteiger partial charge on any atom is 0.316 e. The minimum absolute atomic E-state index is 0.226. The van der Waals surface area contributed by atoms with E-state index < -0.39 is 0 Å². The van der Waals surface area contributed by atoms with Gasteiger partial charge in [-0.2, -0.15) is 0 Å². The Hall–Kier alpha value is -2.34. The van der Waals surface area contributed by atoms with Crippen molar-refractivity contribution in [1.29, 1.82) is 0 Å². The Labute approximate surface area is 144 Å². The fourth-order valence-electron chi connectivity index (χ4n) is 2.35. The third-order valence-corrected chi connectivity index (χ3v) is 4.67. The average Bonchev–Trinajstić information content (AvgIpc) is 2.97. The Morgan fingerprint density at radius 2 is 2.04 bits per heavy atom. The van der Waals surface area contributed by atoms with Gasteiger partial charge in [0.15, 0.2) is 0 Å². The van der Waals surface area contributed by atoms with Crippen LogP contribution in [0.4, 0.5) is 0 Å². The lowest BCUT2D eigenvalue weighted by Crippen LogP contribution is -2.06. The summed E-state index contributed by atoms with van der Waals surface area (Å²) in [5.74, 6) is 0.837. The highest BCUT2D eigenvalue weighted by molar-refractivity contribution is 7.99. The number of ether oxygens (including phenoxy) is 1. The lowest BCUT2D eigenvalue weighted by molar-refractivity contribution is -0.139. The Balaban J connectivity index is 1.77. The third-order valence-electron chi connectivity index (χ3n) is 3.75. The van der Waals surface area contributed by atoms with Crippen LogP contribution in [0.5, 0.6) is 0 Å². The zero-order valence-electron chi connectivity index (χ0n) is 13.9. The number of thioether (sulfide) groups is 1. The van der Waals surface area contributed by atoms with E-state index in [0.29, 0.717) is 6.61 Å². The van der Waals surface area contributed by atoms with Gasteiger partial charge in [0.25, 0.3) is 0 Å². The Morgan fingerprint density at radius 1 is 1.25 bits per heavy atom. The number of nitrogens with one attached hydrogen (secondary N) is 1. The summed E-state index contributed by atoms with van der Waals surface area (Å²) in [6, 6.07) is 8.04. The zero-order chi connectivity index (χ0) is 17.1. The molecule has 0 spiro atoms. The Bertz CT molecular complexity index is 833. The van der Waals surface area contributed by atoms with Gasteiger partial charge in [-0.15, -0.1) is 0 Å². The van der Waals surface area contributed by atoms with Crippen molar-refractivity contribution in [3.8, 4) is 11.4 Å². The largest absolute Gasteiger partial charge is 0.465 e. The summed E-state index contributed by atoms with van der Waals surface area (Å²) in [4.78, 5) is 23.7.